The number of benzene rings is 1. The van der Waals surface area contributed by atoms with Crippen LogP contribution in [0.1, 0.15) is 21.5 Å². The van der Waals surface area contributed by atoms with E-state index < -0.39 is 5.91 Å². The first kappa shape index (κ1) is 14.6. The van der Waals surface area contributed by atoms with E-state index in [0.717, 1.165) is 5.56 Å². The maximum Gasteiger partial charge on any atom is 0.257 e. The topological polar surface area (TPSA) is 82.5 Å². The molecule has 0 aliphatic heterocycles. The molecule has 0 unspecified atom stereocenters. The van der Waals surface area contributed by atoms with Crippen molar-refractivity contribution in [2.45, 2.75) is 6.92 Å². The number of anilines is 1. The summed E-state index contributed by atoms with van der Waals surface area (Å²) in [6.45, 7) is 1.66. The molecule has 1 aromatic heterocycles. The van der Waals surface area contributed by atoms with Gasteiger partial charge in [0, 0.05) is 11.8 Å². The highest BCUT2D eigenvalue weighted by atomic mass is 16.3. The Kier molecular flexibility index (Phi) is 4.54. The molecule has 0 saturated carbocycles. The maximum atomic E-state index is 12.1. The molecule has 3 N–H and O–H groups in total. The van der Waals surface area contributed by atoms with Crippen molar-refractivity contribution < 1.29 is 15.0 Å². The molecule has 2 rings (SSSR count). The van der Waals surface area contributed by atoms with Gasteiger partial charge in [-0.3, -0.25) is 9.78 Å². The second kappa shape index (κ2) is 6.55. The van der Waals surface area contributed by atoms with Gasteiger partial charge in [0.2, 0.25) is 0 Å². The van der Waals surface area contributed by atoms with Gasteiger partial charge in [-0.15, -0.1) is 0 Å². The number of hydrogen-bond acceptors (Lipinski definition) is 4. The van der Waals surface area contributed by atoms with Crippen molar-refractivity contribution in [3.63, 3.8) is 0 Å². The summed E-state index contributed by atoms with van der Waals surface area (Å²) >= 11 is 0. The normalized spacial score (nSPS) is 9.62. The van der Waals surface area contributed by atoms with E-state index in [9.17, 15) is 9.90 Å². The van der Waals surface area contributed by atoms with Crippen LogP contribution < -0.4 is 5.32 Å². The van der Waals surface area contributed by atoms with Crippen molar-refractivity contribution in [2.24, 2.45) is 0 Å². The molecule has 0 aliphatic carbocycles. The molecule has 5 heteroatoms. The third kappa shape index (κ3) is 3.81. The number of amides is 1. The number of aliphatic hydroxyl groups excluding tert-OH is 1. The molecule has 0 fully saturated rings. The van der Waals surface area contributed by atoms with Crippen LogP contribution in [0.2, 0.25) is 0 Å². The van der Waals surface area contributed by atoms with Crippen molar-refractivity contribution in [3.05, 3.63) is 53.3 Å². The fraction of sp³-hybridized carbons (Fsp3) is 0.125. The van der Waals surface area contributed by atoms with E-state index >= 15 is 0 Å². The fourth-order valence-corrected chi connectivity index (χ4v) is 1.75. The summed E-state index contributed by atoms with van der Waals surface area (Å²) in [5.41, 5.74) is 2.39. The van der Waals surface area contributed by atoms with Gasteiger partial charge >= 0.3 is 0 Å². The maximum absolute atomic E-state index is 12.1. The summed E-state index contributed by atoms with van der Waals surface area (Å²) in [5, 5.41) is 20.8. The second-order valence-electron chi connectivity index (χ2n) is 4.39. The van der Waals surface area contributed by atoms with Gasteiger partial charge in [-0.1, -0.05) is 17.9 Å². The number of nitrogens with zero attached hydrogens (tertiary/aromatic N) is 1. The summed E-state index contributed by atoms with van der Waals surface area (Å²) in [5.74, 6) is 4.88. The number of hydrogen-bond donors (Lipinski definition) is 3. The molecule has 0 saturated heterocycles. The third-order valence-electron chi connectivity index (χ3n) is 2.71. The minimum Gasteiger partial charge on any atom is -0.506 e. The SMILES string of the molecule is Cc1ccc(NC(=O)c2cncc(O)c2)c(C#CCO)c1. The summed E-state index contributed by atoms with van der Waals surface area (Å²) in [4.78, 5) is 15.9. The third-order valence-corrected chi connectivity index (χ3v) is 2.71. The van der Waals surface area contributed by atoms with E-state index in [4.69, 9.17) is 5.11 Å². The van der Waals surface area contributed by atoms with Crippen molar-refractivity contribution in [3.8, 4) is 17.6 Å². The molecule has 2 aromatic rings. The highest BCUT2D eigenvalue weighted by molar-refractivity contribution is 6.05. The molecule has 0 spiro atoms. The monoisotopic (exact) mass is 282 g/mol. The van der Waals surface area contributed by atoms with Crippen LogP contribution in [-0.4, -0.2) is 27.7 Å². The predicted octanol–water partition coefficient (Wildman–Crippen LogP) is 1.69. The van der Waals surface area contributed by atoms with Gasteiger partial charge in [0.05, 0.1) is 17.4 Å². The van der Waals surface area contributed by atoms with Crippen molar-refractivity contribution in [1.29, 1.82) is 0 Å². The van der Waals surface area contributed by atoms with Crippen LogP contribution in [0, 0.1) is 18.8 Å². The van der Waals surface area contributed by atoms with E-state index in [1.807, 2.05) is 19.1 Å². The zero-order chi connectivity index (χ0) is 15.2. The summed E-state index contributed by atoms with van der Waals surface area (Å²) in [6.07, 6.45) is 2.61. The van der Waals surface area contributed by atoms with E-state index in [1.54, 1.807) is 6.07 Å². The first-order chi connectivity index (χ1) is 10.1. The highest BCUT2D eigenvalue weighted by Gasteiger charge is 2.09. The quantitative estimate of drug-likeness (QED) is 0.732. The first-order valence-corrected chi connectivity index (χ1v) is 6.26. The van der Waals surface area contributed by atoms with Crippen LogP contribution in [-0.2, 0) is 0 Å². The predicted molar refractivity (Wildman–Crippen MR) is 79.0 cm³/mol. The number of nitrogens with one attached hydrogen (secondary N) is 1. The van der Waals surface area contributed by atoms with Crippen LogP contribution in [0.3, 0.4) is 0 Å². The molecule has 0 atom stereocenters. The molecular weight excluding hydrogens is 268 g/mol. The Bertz CT molecular complexity index is 730. The van der Waals surface area contributed by atoms with Crippen molar-refractivity contribution in [1.82, 2.24) is 4.98 Å². The van der Waals surface area contributed by atoms with Crippen molar-refractivity contribution in [2.75, 3.05) is 11.9 Å². The van der Waals surface area contributed by atoms with Crippen molar-refractivity contribution >= 4 is 11.6 Å². The van der Waals surface area contributed by atoms with Gasteiger partial charge in [-0.25, -0.2) is 0 Å². The second-order valence-corrected chi connectivity index (χ2v) is 4.39. The zero-order valence-electron chi connectivity index (χ0n) is 11.4. The van der Waals surface area contributed by atoms with E-state index in [0.29, 0.717) is 11.3 Å². The van der Waals surface area contributed by atoms with Crippen LogP contribution in [0.4, 0.5) is 5.69 Å². The Labute approximate surface area is 122 Å². The molecular formula is C16H14N2O3. The highest BCUT2D eigenvalue weighted by Crippen LogP contribution is 2.18. The number of carbonyl (C=O) groups excluding carboxylic acids is 1. The average molecular weight is 282 g/mol. The molecule has 5 nitrogen and oxygen atoms in total. The number of carbonyl (C=O) groups is 1. The summed E-state index contributed by atoms with van der Waals surface area (Å²) in [6, 6.07) is 6.74. The van der Waals surface area contributed by atoms with Gasteiger partial charge in [0.1, 0.15) is 12.4 Å². The minimum absolute atomic E-state index is 0.0770. The van der Waals surface area contributed by atoms with Gasteiger partial charge in [0.15, 0.2) is 0 Å². The molecule has 0 bridgehead atoms. The number of aliphatic hydroxyl groups is 1. The van der Waals surface area contributed by atoms with Crippen LogP contribution in [0.25, 0.3) is 0 Å². The Hall–Kier alpha value is -2.84. The lowest BCUT2D eigenvalue weighted by molar-refractivity contribution is 0.102. The largest absolute Gasteiger partial charge is 0.506 e. The van der Waals surface area contributed by atoms with Gasteiger partial charge in [-0.05, 0) is 30.7 Å². The van der Waals surface area contributed by atoms with E-state index in [2.05, 4.69) is 22.1 Å². The average Bonchev–Trinajstić information content (AvgIpc) is 2.47. The lowest BCUT2D eigenvalue weighted by Crippen LogP contribution is -2.13. The smallest absolute Gasteiger partial charge is 0.257 e. The van der Waals surface area contributed by atoms with Crippen LogP contribution in [0.5, 0.6) is 5.75 Å². The lowest BCUT2D eigenvalue weighted by atomic mass is 10.1. The number of pyridine rings is 1. The molecule has 0 radical (unpaired) electrons. The Balaban J connectivity index is 2.29. The molecule has 0 aliphatic rings. The Morgan fingerprint density at radius 1 is 1.33 bits per heavy atom. The lowest BCUT2D eigenvalue weighted by Gasteiger charge is -2.08. The zero-order valence-corrected chi connectivity index (χ0v) is 11.4. The summed E-state index contributed by atoms with van der Waals surface area (Å²) < 4.78 is 0. The Morgan fingerprint density at radius 2 is 2.14 bits per heavy atom. The standard InChI is InChI=1S/C16H14N2O3/c1-11-4-5-15(12(7-11)3-2-6-19)18-16(21)13-8-14(20)10-17-9-13/h4-5,7-10,19-20H,6H2,1H3,(H,18,21). The van der Waals surface area contributed by atoms with Crippen LogP contribution >= 0.6 is 0 Å². The minimum atomic E-state index is -0.394. The number of aromatic nitrogens is 1. The molecule has 21 heavy (non-hydrogen) atoms. The van der Waals surface area contributed by atoms with Crippen LogP contribution in [0.15, 0.2) is 36.7 Å². The van der Waals surface area contributed by atoms with E-state index in [1.165, 1.54) is 18.5 Å². The number of rotatable bonds is 2. The van der Waals surface area contributed by atoms with Gasteiger partial charge < -0.3 is 15.5 Å². The molecule has 106 valence electrons. The fourth-order valence-electron chi connectivity index (χ4n) is 1.75. The van der Waals surface area contributed by atoms with E-state index in [-0.39, 0.29) is 17.9 Å². The molecule has 1 amide bonds. The van der Waals surface area contributed by atoms with Gasteiger partial charge in [0.25, 0.3) is 5.91 Å². The Morgan fingerprint density at radius 3 is 2.86 bits per heavy atom. The first-order valence-electron chi connectivity index (χ1n) is 6.26. The molecule has 1 aromatic carbocycles. The number of aromatic hydroxyl groups is 1. The number of aryl methyl sites for hydroxylation is 1. The summed E-state index contributed by atoms with van der Waals surface area (Å²) in [7, 11) is 0. The van der Waals surface area contributed by atoms with Gasteiger partial charge in [-0.2, -0.15) is 0 Å². The molecule has 1 heterocycles.